The fraction of sp³-hybridized carbons (Fsp3) is 0.444. The number of carbonyl (C=O) groups excluding carboxylic acids is 1. The summed E-state index contributed by atoms with van der Waals surface area (Å²) in [5.41, 5.74) is 0. The number of rotatable bonds is 5. The number of methoxy groups -OCH3 is 1. The van der Waals surface area contributed by atoms with Crippen LogP contribution >= 0.6 is 10.7 Å². The Bertz CT molecular complexity index is 504. The van der Waals surface area contributed by atoms with Gasteiger partial charge in [0.2, 0.25) is 5.76 Å². The lowest BCUT2D eigenvalue weighted by Gasteiger charge is -2.00. The molecular formula is C9H11ClO6S. The van der Waals surface area contributed by atoms with Crippen molar-refractivity contribution < 1.29 is 27.1 Å². The van der Waals surface area contributed by atoms with Crippen molar-refractivity contribution in [2.45, 2.75) is 11.8 Å². The quantitative estimate of drug-likeness (QED) is 0.460. The van der Waals surface area contributed by atoms with Gasteiger partial charge in [0, 0.05) is 23.9 Å². The lowest BCUT2D eigenvalue weighted by Crippen LogP contribution is -2.09. The molecule has 0 aliphatic heterocycles. The number of esters is 1. The van der Waals surface area contributed by atoms with Gasteiger partial charge in [0.1, 0.15) is 17.3 Å². The third kappa shape index (κ3) is 3.72. The standard InChI is InChI=1S/C9H11ClO6S/c1-6-8(17(10,12)13)5-7(16-6)9(11)15-4-3-14-2/h5H,3-4H2,1-2H3. The van der Waals surface area contributed by atoms with Gasteiger partial charge in [-0.1, -0.05) is 0 Å². The van der Waals surface area contributed by atoms with Crippen LogP contribution in [-0.2, 0) is 18.5 Å². The number of aryl methyl sites for hydroxylation is 1. The molecule has 0 atom stereocenters. The Morgan fingerprint density at radius 1 is 1.47 bits per heavy atom. The van der Waals surface area contributed by atoms with E-state index in [4.69, 9.17) is 19.8 Å². The second-order valence-electron chi connectivity index (χ2n) is 3.10. The molecule has 0 bridgehead atoms. The summed E-state index contributed by atoms with van der Waals surface area (Å²) in [6.45, 7) is 1.69. The molecule has 8 heteroatoms. The third-order valence-electron chi connectivity index (χ3n) is 1.86. The molecule has 1 heterocycles. The van der Waals surface area contributed by atoms with Crippen molar-refractivity contribution in [2.24, 2.45) is 0 Å². The van der Waals surface area contributed by atoms with Crippen LogP contribution in [0.25, 0.3) is 0 Å². The highest BCUT2D eigenvalue weighted by atomic mass is 35.7. The number of furan rings is 1. The molecule has 0 aromatic carbocycles. The van der Waals surface area contributed by atoms with Crippen molar-refractivity contribution >= 4 is 25.7 Å². The number of carbonyl (C=O) groups is 1. The number of hydrogen-bond donors (Lipinski definition) is 0. The molecule has 0 N–H and O–H groups in total. The van der Waals surface area contributed by atoms with Crippen LogP contribution in [0.3, 0.4) is 0 Å². The van der Waals surface area contributed by atoms with E-state index >= 15 is 0 Å². The SMILES string of the molecule is COCCOC(=O)c1cc(S(=O)(=O)Cl)c(C)o1. The number of ether oxygens (including phenoxy) is 2. The predicted octanol–water partition coefficient (Wildman–Crippen LogP) is 1.32. The monoisotopic (exact) mass is 282 g/mol. The van der Waals surface area contributed by atoms with Crippen molar-refractivity contribution in [2.75, 3.05) is 20.3 Å². The molecule has 0 fully saturated rings. The Balaban J connectivity index is 2.83. The molecule has 17 heavy (non-hydrogen) atoms. The van der Waals surface area contributed by atoms with E-state index in [2.05, 4.69) is 4.74 Å². The van der Waals surface area contributed by atoms with Gasteiger partial charge in [0.25, 0.3) is 9.05 Å². The molecule has 1 aromatic rings. The molecule has 96 valence electrons. The Labute approximate surface area is 103 Å². The first-order chi connectivity index (χ1) is 7.86. The predicted molar refractivity (Wildman–Crippen MR) is 58.6 cm³/mol. The van der Waals surface area contributed by atoms with Crippen molar-refractivity contribution in [3.8, 4) is 0 Å². The second-order valence-corrected chi connectivity index (χ2v) is 5.63. The number of hydrogen-bond acceptors (Lipinski definition) is 6. The Morgan fingerprint density at radius 2 is 2.12 bits per heavy atom. The average molecular weight is 283 g/mol. The maximum Gasteiger partial charge on any atom is 0.374 e. The highest BCUT2D eigenvalue weighted by Crippen LogP contribution is 2.23. The van der Waals surface area contributed by atoms with E-state index in [-0.39, 0.29) is 29.6 Å². The molecule has 1 rings (SSSR count). The smallest absolute Gasteiger partial charge is 0.374 e. The van der Waals surface area contributed by atoms with E-state index in [1.54, 1.807) is 0 Å². The zero-order valence-electron chi connectivity index (χ0n) is 9.23. The molecular weight excluding hydrogens is 272 g/mol. The zero-order chi connectivity index (χ0) is 13.1. The lowest BCUT2D eigenvalue weighted by molar-refractivity contribution is 0.0353. The van der Waals surface area contributed by atoms with E-state index in [0.717, 1.165) is 6.07 Å². The Kier molecular flexibility index (Phi) is 4.55. The Hall–Kier alpha value is -1.05. The highest BCUT2D eigenvalue weighted by molar-refractivity contribution is 8.13. The maximum atomic E-state index is 11.4. The van der Waals surface area contributed by atoms with Crippen molar-refractivity contribution in [1.29, 1.82) is 0 Å². The molecule has 0 unspecified atom stereocenters. The van der Waals surface area contributed by atoms with Gasteiger partial charge < -0.3 is 13.9 Å². The molecule has 0 radical (unpaired) electrons. The van der Waals surface area contributed by atoms with E-state index in [1.165, 1.54) is 14.0 Å². The maximum absolute atomic E-state index is 11.4. The van der Waals surface area contributed by atoms with Crippen LogP contribution in [0, 0.1) is 6.92 Å². The van der Waals surface area contributed by atoms with Gasteiger partial charge in [0.15, 0.2) is 0 Å². The highest BCUT2D eigenvalue weighted by Gasteiger charge is 2.22. The molecule has 0 saturated heterocycles. The van der Waals surface area contributed by atoms with Gasteiger partial charge in [-0.25, -0.2) is 13.2 Å². The topological polar surface area (TPSA) is 82.8 Å². The minimum atomic E-state index is -3.93. The first kappa shape index (κ1) is 14.0. The molecule has 6 nitrogen and oxygen atoms in total. The first-order valence-corrected chi connectivity index (χ1v) is 6.88. The van der Waals surface area contributed by atoms with Gasteiger partial charge in [-0.2, -0.15) is 0 Å². The summed E-state index contributed by atoms with van der Waals surface area (Å²) >= 11 is 0. The molecule has 0 aliphatic rings. The minimum absolute atomic E-state index is 0.0405. The van der Waals surface area contributed by atoms with Gasteiger partial charge in [-0.15, -0.1) is 0 Å². The van der Waals surface area contributed by atoms with Gasteiger partial charge in [-0.05, 0) is 6.92 Å². The van der Waals surface area contributed by atoms with Crippen LogP contribution in [0.4, 0.5) is 0 Å². The minimum Gasteiger partial charge on any atom is -0.457 e. The van der Waals surface area contributed by atoms with Crippen LogP contribution in [0.1, 0.15) is 16.3 Å². The van der Waals surface area contributed by atoms with Crippen LogP contribution in [0.5, 0.6) is 0 Å². The van der Waals surface area contributed by atoms with E-state index < -0.39 is 15.0 Å². The molecule has 0 amide bonds. The summed E-state index contributed by atoms with van der Waals surface area (Å²) in [7, 11) is 2.68. The van der Waals surface area contributed by atoms with Crippen molar-refractivity contribution in [3.63, 3.8) is 0 Å². The largest absolute Gasteiger partial charge is 0.457 e. The summed E-state index contributed by atoms with van der Waals surface area (Å²) in [6, 6.07) is 1.03. The van der Waals surface area contributed by atoms with Crippen molar-refractivity contribution in [1.82, 2.24) is 0 Å². The summed E-state index contributed by atoms with van der Waals surface area (Å²) in [4.78, 5) is 11.2. The fourth-order valence-electron chi connectivity index (χ4n) is 1.10. The Morgan fingerprint density at radius 3 is 2.59 bits per heavy atom. The van der Waals surface area contributed by atoms with Crippen LogP contribution in [0.15, 0.2) is 15.4 Å². The molecule has 0 aliphatic carbocycles. The number of halogens is 1. The van der Waals surface area contributed by atoms with Crippen molar-refractivity contribution in [3.05, 3.63) is 17.6 Å². The van der Waals surface area contributed by atoms with E-state index in [9.17, 15) is 13.2 Å². The molecule has 0 saturated carbocycles. The van der Waals surface area contributed by atoms with Crippen LogP contribution in [-0.4, -0.2) is 34.7 Å². The average Bonchev–Trinajstić information content (AvgIpc) is 2.60. The van der Waals surface area contributed by atoms with Gasteiger partial charge >= 0.3 is 5.97 Å². The van der Waals surface area contributed by atoms with Crippen LogP contribution in [0.2, 0.25) is 0 Å². The normalized spacial score (nSPS) is 11.5. The summed E-state index contributed by atoms with van der Waals surface area (Å²) in [5.74, 6) is -0.937. The second kappa shape index (κ2) is 5.52. The third-order valence-corrected chi connectivity index (χ3v) is 3.29. The summed E-state index contributed by atoms with van der Waals surface area (Å²) < 4.78 is 36.6. The molecule has 0 spiro atoms. The van der Waals surface area contributed by atoms with Crippen LogP contribution < -0.4 is 0 Å². The summed E-state index contributed by atoms with van der Waals surface area (Å²) in [6.07, 6.45) is 0. The zero-order valence-corrected chi connectivity index (χ0v) is 10.8. The first-order valence-electron chi connectivity index (χ1n) is 4.57. The van der Waals surface area contributed by atoms with Gasteiger partial charge in [-0.3, -0.25) is 0 Å². The molecule has 1 aromatic heterocycles. The van der Waals surface area contributed by atoms with Gasteiger partial charge in [0.05, 0.1) is 6.61 Å². The van der Waals surface area contributed by atoms with E-state index in [0.29, 0.717) is 0 Å². The fourth-order valence-corrected chi connectivity index (χ4v) is 2.19. The van der Waals surface area contributed by atoms with E-state index in [1.807, 2.05) is 0 Å². The lowest BCUT2D eigenvalue weighted by atomic mass is 10.4. The summed E-state index contributed by atoms with van der Waals surface area (Å²) in [5, 5.41) is 0.